The molecule has 0 aliphatic carbocycles. The zero-order valence-corrected chi connectivity index (χ0v) is 8.16. The summed E-state index contributed by atoms with van der Waals surface area (Å²) in [5.74, 6) is 0. The monoisotopic (exact) mass is 225 g/mol. The van der Waals surface area contributed by atoms with Gasteiger partial charge in [-0.1, -0.05) is 18.2 Å². The van der Waals surface area contributed by atoms with Crippen LogP contribution in [0, 0.1) is 0 Å². The molecule has 0 spiro atoms. The quantitative estimate of drug-likeness (QED) is 0.831. The highest BCUT2D eigenvalue weighted by atomic mass is 35.5. The predicted molar refractivity (Wildman–Crippen MR) is 52.9 cm³/mol. The predicted octanol–water partition coefficient (Wildman–Crippen LogP) is 3.47. The number of halogens is 4. The molecule has 0 aromatic heterocycles. The third kappa shape index (κ3) is 5.70. The van der Waals surface area contributed by atoms with Crippen LogP contribution in [-0.2, 0) is 0 Å². The highest BCUT2D eigenvalue weighted by molar-refractivity contribution is 5.85. The van der Waals surface area contributed by atoms with Crippen LogP contribution in [0.3, 0.4) is 0 Å². The largest absolute Gasteiger partial charge is 0.390 e. The van der Waals surface area contributed by atoms with E-state index in [1.165, 1.54) is 0 Å². The van der Waals surface area contributed by atoms with Crippen LogP contribution >= 0.6 is 12.4 Å². The molecule has 0 saturated heterocycles. The van der Waals surface area contributed by atoms with Crippen LogP contribution < -0.4 is 5.32 Å². The van der Waals surface area contributed by atoms with Crippen molar-refractivity contribution in [3.05, 3.63) is 30.3 Å². The van der Waals surface area contributed by atoms with Crippen LogP contribution in [-0.4, -0.2) is 12.7 Å². The zero-order valence-electron chi connectivity index (χ0n) is 7.34. The number of hydrogen-bond acceptors (Lipinski definition) is 1. The lowest BCUT2D eigenvalue weighted by Gasteiger charge is -2.08. The highest BCUT2D eigenvalue weighted by Crippen LogP contribution is 2.19. The van der Waals surface area contributed by atoms with E-state index < -0.39 is 12.6 Å². The number of benzene rings is 1. The van der Waals surface area contributed by atoms with Crippen molar-refractivity contribution in [2.24, 2.45) is 0 Å². The molecule has 1 N–H and O–H groups in total. The van der Waals surface area contributed by atoms with E-state index in [0.717, 1.165) is 0 Å². The molecule has 1 aromatic carbocycles. The van der Waals surface area contributed by atoms with Gasteiger partial charge >= 0.3 is 6.18 Å². The summed E-state index contributed by atoms with van der Waals surface area (Å²) in [6.07, 6.45) is -4.89. The van der Waals surface area contributed by atoms with Crippen molar-refractivity contribution in [1.82, 2.24) is 0 Å². The molecule has 0 saturated carbocycles. The van der Waals surface area contributed by atoms with Crippen molar-refractivity contribution in [2.45, 2.75) is 12.6 Å². The van der Waals surface area contributed by atoms with Gasteiger partial charge in [-0.3, -0.25) is 0 Å². The molecule has 1 nitrogen and oxygen atoms in total. The summed E-state index contributed by atoms with van der Waals surface area (Å²) >= 11 is 0. The van der Waals surface area contributed by atoms with Gasteiger partial charge in [-0.05, 0) is 12.1 Å². The molecule has 0 unspecified atom stereocenters. The smallest absolute Gasteiger partial charge is 0.385 e. The van der Waals surface area contributed by atoms with Crippen LogP contribution in [0.1, 0.15) is 6.42 Å². The van der Waals surface area contributed by atoms with Crippen molar-refractivity contribution in [1.29, 1.82) is 0 Å². The van der Waals surface area contributed by atoms with Crippen molar-refractivity contribution >= 4 is 18.1 Å². The maximum absolute atomic E-state index is 11.7. The lowest BCUT2D eigenvalue weighted by molar-refractivity contribution is -0.131. The van der Waals surface area contributed by atoms with Gasteiger partial charge in [-0.25, -0.2) is 0 Å². The van der Waals surface area contributed by atoms with Gasteiger partial charge in [0.15, 0.2) is 0 Å². The lowest BCUT2D eigenvalue weighted by Crippen LogP contribution is -2.14. The Kier molecular flexibility index (Phi) is 5.38. The number of alkyl halides is 3. The van der Waals surface area contributed by atoms with Crippen LogP contribution in [0.4, 0.5) is 18.9 Å². The molecule has 14 heavy (non-hydrogen) atoms. The maximum atomic E-state index is 11.7. The number of hydrogen-bond donors (Lipinski definition) is 1. The minimum Gasteiger partial charge on any atom is -0.385 e. The number of rotatable bonds is 3. The van der Waals surface area contributed by atoms with Gasteiger partial charge in [-0.2, -0.15) is 13.2 Å². The number of para-hydroxylation sites is 1. The minimum absolute atomic E-state index is 0. The summed E-state index contributed by atoms with van der Waals surface area (Å²) in [4.78, 5) is 0. The third-order valence-corrected chi connectivity index (χ3v) is 1.51. The first-order valence-electron chi connectivity index (χ1n) is 3.93. The Morgan fingerprint density at radius 3 is 2.14 bits per heavy atom. The highest BCUT2D eigenvalue weighted by Gasteiger charge is 2.25. The average molecular weight is 226 g/mol. The van der Waals surface area contributed by atoms with E-state index >= 15 is 0 Å². The molecular formula is C9H11ClF3N. The Labute approximate surface area is 86.7 Å². The second-order valence-electron chi connectivity index (χ2n) is 2.66. The van der Waals surface area contributed by atoms with Gasteiger partial charge in [0.25, 0.3) is 0 Å². The fourth-order valence-electron chi connectivity index (χ4n) is 0.905. The molecule has 0 amide bonds. The van der Waals surface area contributed by atoms with Crippen molar-refractivity contribution in [2.75, 3.05) is 11.9 Å². The minimum atomic E-state index is -4.08. The maximum Gasteiger partial charge on any atom is 0.390 e. The van der Waals surface area contributed by atoms with Gasteiger partial charge in [0.05, 0.1) is 6.42 Å². The summed E-state index contributed by atoms with van der Waals surface area (Å²) in [6, 6.07) is 8.83. The van der Waals surface area contributed by atoms with Crippen molar-refractivity contribution in [3.63, 3.8) is 0 Å². The molecule has 0 bridgehead atoms. The fourth-order valence-corrected chi connectivity index (χ4v) is 0.905. The first-order chi connectivity index (χ1) is 6.08. The molecule has 5 heteroatoms. The molecule has 80 valence electrons. The van der Waals surface area contributed by atoms with Crippen molar-refractivity contribution < 1.29 is 13.2 Å². The Bertz CT molecular complexity index is 248. The van der Waals surface area contributed by atoms with E-state index in [1.807, 2.05) is 6.07 Å². The Hall–Kier alpha value is -0.900. The Morgan fingerprint density at radius 2 is 1.64 bits per heavy atom. The fraction of sp³-hybridized carbons (Fsp3) is 0.333. The Morgan fingerprint density at radius 1 is 1.07 bits per heavy atom. The third-order valence-electron chi connectivity index (χ3n) is 1.51. The average Bonchev–Trinajstić information content (AvgIpc) is 2.04. The molecule has 0 aliphatic rings. The van der Waals surface area contributed by atoms with E-state index in [4.69, 9.17) is 0 Å². The van der Waals surface area contributed by atoms with E-state index in [-0.39, 0.29) is 19.0 Å². The van der Waals surface area contributed by atoms with Gasteiger partial charge in [-0.15, -0.1) is 12.4 Å². The van der Waals surface area contributed by atoms with Crippen LogP contribution in [0.2, 0.25) is 0 Å². The molecule has 0 radical (unpaired) electrons. The van der Waals surface area contributed by atoms with Crippen LogP contribution in [0.5, 0.6) is 0 Å². The topological polar surface area (TPSA) is 12.0 Å². The van der Waals surface area contributed by atoms with Gasteiger partial charge in [0, 0.05) is 12.2 Å². The number of anilines is 1. The Balaban J connectivity index is 0.00000169. The molecule has 1 aromatic rings. The summed E-state index contributed by atoms with van der Waals surface area (Å²) in [6.45, 7) is -0.0759. The van der Waals surface area contributed by atoms with E-state index in [0.29, 0.717) is 5.69 Å². The summed E-state index contributed by atoms with van der Waals surface area (Å²) in [5, 5.41) is 2.68. The lowest BCUT2D eigenvalue weighted by atomic mass is 10.3. The van der Waals surface area contributed by atoms with Gasteiger partial charge in [0.2, 0.25) is 0 Å². The molecule has 0 fully saturated rings. The second kappa shape index (κ2) is 5.75. The normalized spacial score (nSPS) is 10.5. The standard InChI is InChI=1S/C9H10F3N.ClH/c10-9(11,12)6-7-13-8-4-2-1-3-5-8;/h1-5,13H,6-7H2;1H. The summed E-state index contributed by atoms with van der Waals surface area (Å²) in [7, 11) is 0. The molecule has 0 aliphatic heterocycles. The first-order valence-corrected chi connectivity index (χ1v) is 3.93. The second-order valence-corrected chi connectivity index (χ2v) is 2.66. The van der Waals surface area contributed by atoms with Crippen LogP contribution in [0.15, 0.2) is 30.3 Å². The molecule has 1 rings (SSSR count). The van der Waals surface area contributed by atoms with E-state index in [1.54, 1.807) is 24.3 Å². The first kappa shape index (κ1) is 13.1. The van der Waals surface area contributed by atoms with E-state index in [9.17, 15) is 13.2 Å². The SMILES string of the molecule is Cl.FC(F)(F)CCNc1ccccc1. The van der Waals surface area contributed by atoms with Gasteiger partial charge < -0.3 is 5.32 Å². The summed E-state index contributed by atoms with van der Waals surface area (Å²) in [5.41, 5.74) is 0.715. The van der Waals surface area contributed by atoms with Crippen molar-refractivity contribution in [3.8, 4) is 0 Å². The number of nitrogens with one attached hydrogen (secondary N) is 1. The molecule has 0 heterocycles. The summed E-state index contributed by atoms with van der Waals surface area (Å²) < 4.78 is 35.2. The molecular weight excluding hydrogens is 215 g/mol. The zero-order chi connectivity index (χ0) is 9.73. The van der Waals surface area contributed by atoms with Crippen LogP contribution in [0.25, 0.3) is 0 Å². The molecule has 0 atom stereocenters. The van der Waals surface area contributed by atoms with Gasteiger partial charge in [0.1, 0.15) is 0 Å². The van der Waals surface area contributed by atoms with E-state index in [2.05, 4.69) is 5.32 Å².